The first-order valence-corrected chi connectivity index (χ1v) is 8.80. The molecule has 1 aliphatic carbocycles. The third kappa shape index (κ3) is 3.02. The van der Waals surface area contributed by atoms with E-state index in [2.05, 4.69) is 18.1 Å². The number of nitrogens with zero attached hydrogens (tertiary/aromatic N) is 1. The van der Waals surface area contributed by atoms with Gasteiger partial charge in [0.1, 0.15) is 0 Å². The fourth-order valence-corrected chi connectivity index (χ4v) is 4.66. The Bertz CT molecular complexity index is 290. The summed E-state index contributed by atoms with van der Waals surface area (Å²) >= 11 is 7.13. The molecule has 1 saturated heterocycles. The summed E-state index contributed by atoms with van der Waals surface area (Å²) < 4.78 is 0.0772. The number of rotatable bonds is 3. The molecule has 0 amide bonds. The van der Waals surface area contributed by atoms with Gasteiger partial charge in [-0.1, -0.05) is 19.1 Å². The highest BCUT2D eigenvalue weighted by molar-refractivity contribution is 8.02. The van der Waals surface area contributed by atoms with E-state index in [1.807, 2.05) is 11.8 Å². The van der Waals surface area contributed by atoms with Crippen molar-refractivity contribution in [3.05, 3.63) is 0 Å². The topological polar surface area (TPSA) is 29.3 Å². The van der Waals surface area contributed by atoms with Gasteiger partial charge in [-0.2, -0.15) is 11.8 Å². The van der Waals surface area contributed by atoms with E-state index in [1.54, 1.807) is 0 Å². The highest BCUT2D eigenvalue weighted by atomic mass is 32.2. The Morgan fingerprint density at radius 1 is 1.22 bits per heavy atom. The molecule has 4 heteroatoms. The molecule has 0 aromatic rings. The Hall–Kier alpha value is 0.200. The van der Waals surface area contributed by atoms with E-state index in [0.717, 1.165) is 24.8 Å². The Labute approximate surface area is 121 Å². The lowest BCUT2D eigenvalue weighted by Crippen LogP contribution is -2.52. The number of nitrogens with two attached hydrogens (primary N) is 1. The van der Waals surface area contributed by atoms with Crippen LogP contribution in [0.5, 0.6) is 0 Å². The first kappa shape index (κ1) is 14.6. The maximum Gasteiger partial charge on any atom is 0.0891 e. The fourth-order valence-electron chi connectivity index (χ4n) is 3.41. The summed E-state index contributed by atoms with van der Waals surface area (Å²) in [5.74, 6) is 0.938. The van der Waals surface area contributed by atoms with Gasteiger partial charge in [0.05, 0.1) is 9.74 Å². The van der Waals surface area contributed by atoms with Crippen molar-refractivity contribution in [3.8, 4) is 0 Å². The van der Waals surface area contributed by atoms with E-state index < -0.39 is 0 Å². The molecule has 2 aliphatic rings. The predicted molar refractivity (Wildman–Crippen MR) is 85.3 cm³/mol. The van der Waals surface area contributed by atoms with Crippen LogP contribution >= 0.6 is 24.0 Å². The largest absolute Gasteiger partial charge is 0.392 e. The maximum atomic E-state index is 5.95. The average Bonchev–Trinajstić information content (AvgIpc) is 2.39. The minimum atomic E-state index is 0.0772. The van der Waals surface area contributed by atoms with Gasteiger partial charge in [0.15, 0.2) is 0 Å². The van der Waals surface area contributed by atoms with E-state index in [1.165, 1.54) is 38.8 Å². The number of likely N-dealkylation sites (tertiary alicyclic amines) is 1. The molecule has 0 atom stereocenters. The number of hydrogen-bond acceptors (Lipinski definition) is 3. The average molecular weight is 287 g/mol. The highest BCUT2D eigenvalue weighted by Gasteiger charge is 2.38. The lowest BCUT2D eigenvalue weighted by Gasteiger charge is -2.44. The van der Waals surface area contributed by atoms with Gasteiger partial charge >= 0.3 is 0 Å². The molecule has 1 saturated carbocycles. The Balaban J connectivity index is 1.88. The third-order valence-electron chi connectivity index (χ3n) is 4.95. The van der Waals surface area contributed by atoms with Crippen molar-refractivity contribution in [2.45, 2.75) is 56.2 Å². The van der Waals surface area contributed by atoms with Gasteiger partial charge in [0.2, 0.25) is 0 Å². The van der Waals surface area contributed by atoms with Crippen LogP contribution in [0.25, 0.3) is 0 Å². The molecule has 0 aromatic carbocycles. The summed E-state index contributed by atoms with van der Waals surface area (Å²) in [7, 11) is 0. The quantitative estimate of drug-likeness (QED) is 0.808. The first-order valence-electron chi connectivity index (χ1n) is 7.16. The third-order valence-corrected chi connectivity index (χ3v) is 6.88. The van der Waals surface area contributed by atoms with E-state index in [0.29, 0.717) is 4.99 Å². The molecule has 104 valence electrons. The van der Waals surface area contributed by atoms with Gasteiger partial charge in [-0.25, -0.2) is 0 Å². The van der Waals surface area contributed by atoms with Crippen molar-refractivity contribution in [1.82, 2.24) is 4.90 Å². The molecule has 0 aromatic heterocycles. The van der Waals surface area contributed by atoms with Crippen LogP contribution in [0.2, 0.25) is 0 Å². The van der Waals surface area contributed by atoms with Gasteiger partial charge in [-0.05, 0) is 50.7 Å². The lowest BCUT2D eigenvalue weighted by molar-refractivity contribution is 0.114. The van der Waals surface area contributed by atoms with Crippen LogP contribution in [0.3, 0.4) is 0 Å². The zero-order valence-corrected chi connectivity index (χ0v) is 13.3. The molecule has 0 spiro atoms. The van der Waals surface area contributed by atoms with Crippen LogP contribution in [0.15, 0.2) is 0 Å². The molecule has 2 N–H and O–H groups in total. The van der Waals surface area contributed by atoms with Crippen LogP contribution < -0.4 is 5.73 Å². The van der Waals surface area contributed by atoms with Crippen molar-refractivity contribution in [2.75, 3.05) is 19.3 Å². The summed E-state index contributed by atoms with van der Waals surface area (Å²) in [6.07, 6.45) is 10.0. The molecular formula is C14H26N2S2. The lowest BCUT2D eigenvalue weighted by atomic mass is 9.85. The molecule has 1 heterocycles. The first-order chi connectivity index (χ1) is 8.57. The second-order valence-electron chi connectivity index (χ2n) is 6.01. The summed E-state index contributed by atoms with van der Waals surface area (Å²) in [6.45, 7) is 4.74. The molecule has 0 unspecified atom stereocenters. The Kier molecular flexibility index (Phi) is 4.95. The molecule has 0 bridgehead atoms. The van der Waals surface area contributed by atoms with E-state index in [4.69, 9.17) is 18.0 Å². The number of hydrogen-bond donors (Lipinski definition) is 1. The molecule has 18 heavy (non-hydrogen) atoms. The molecule has 2 rings (SSSR count). The van der Waals surface area contributed by atoms with Gasteiger partial charge < -0.3 is 10.6 Å². The minimum absolute atomic E-state index is 0.0772. The Morgan fingerprint density at radius 2 is 1.78 bits per heavy atom. The SMILES string of the molecule is CSC1(C(N)=S)CCN(C2CCC(C)CC2)CC1. The second kappa shape index (κ2) is 6.10. The van der Waals surface area contributed by atoms with Gasteiger partial charge in [0.25, 0.3) is 0 Å². The molecule has 0 radical (unpaired) electrons. The summed E-state index contributed by atoms with van der Waals surface area (Å²) in [5.41, 5.74) is 5.95. The smallest absolute Gasteiger partial charge is 0.0891 e. The van der Waals surface area contributed by atoms with Crippen molar-refractivity contribution >= 4 is 29.0 Å². The van der Waals surface area contributed by atoms with Crippen LogP contribution in [0, 0.1) is 5.92 Å². The van der Waals surface area contributed by atoms with Gasteiger partial charge in [0, 0.05) is 19.1 Å². The van der Waals surface area contributed by atoms with Gasteiger partial charge in [-0.15, -0.1) is 0 Å². The molecule has 2 fully saturated rings. The standard InChI is InChI=1S/C14H26N2S2/c1-11-3-5-12(6-4-11)16-9-7-14(18-2,8-10-16)13(15)17/h11-12H,3-10H2,1-2H3,(H2,15,17). The number of thiocarbonyl (C=S) groups is 1. The van der Waals surface area contributed by atoms with Crippen LogP contribution in [-0.4, -0.2) is 40.0 Å². The normalized spacial score (nSPS) is 33.2. The van der Waals surface area contributed by atoms with Crippen molar-refractivity contribution in [1.29, 1.82) is 0 Å². The zero-order chi connectivity index (χ0) is 13.2. The second-order valence-corrected chi connectivity index (χ2v) is 7.64. The van der Waals surface area contributed by atoms with E-state index in [-0.39, 0.29) is 4.75 Å². The number of piperidine rings is 1. The van der Waals surface area contributed by atoms with Crippen LogP contribution in [0.1, 0.15) is 45.4 Å². The zero-order valence-electron chi connectivity index (χ0n) is 11.7. The Morgan fingerprint density at radius 3 is 2.22 bits per heavy atom. The minimum Gasteiger partial charge on any atom is -0.392 e. The monoisotopic (exact) mass is 286 g/mol. The summed E-state index contributed by atoms with van der Waals surface area (Å²) in [5, 5.41) is 0. The van der Waals surface area contributed by atoms with Crippen molar-refractivity contribution in [2.24, 2.45) is 11.7 Å². The fraction of sp³-hybridized carbons (Fsp3) is 0.929. The highest BCUT2D eigenvalue weighted by Crippen LogP contribution is 2.37. The molecular weight excluding hydrogens is 260 g/mol. The molecule has 2 nitrogen and oxygen atoms in total. The van der Waals surface area contributed by atoms with E-state index in [9.17, 15) is 0 Å². The molecule has 1 aliphatic heterocycles. The predicted octanol–water partition coefficient (Wildman–Crippen LogP) is 3.05. The summed E-state index contributed by atoms with van der Waals surface area (Å²) in [4.78, 5) is 3.41. The van der Waals surface area contributed by atoms with Crippen LogP contribution in [0.4, 0.5) is 0 Å². The van der Waals surface area contributed by atoms with E-state index >= 15 is 0 Å². The van der Waals surface area contributed by atoms with Crippen molar-refractivity contribution < 1.29 is 0 Å². The van der Waals surface area contributed by atoms with Crippen LogP contribution in [-0.2, 0) is 0 Å². The van der Waals surface area contributed by atoms with Crippen molar-refractivity contribution in [3.63, 3.8) is 0 Å². The number of thioether (sulfide) groups is 1. The van der Waals surface area contributed by atoms with Gasteiger partial charge in [-0.3, -0.25) is 0 Å². The summed E-state index contributed by atoms with van der Waals surface area (Å²) in [6, 6.07) is 0.826. The maximum absolute atomic E-state index is 5.95.